The number of carbonyl (C=O) groups is 2. The molecule has 2 aromatic carbocycles. The highest BCUT2D eigenvalue weighted by molar-refractivity contribution is 6.01. The number of fused-ring (bicyclic) bond motifs is 1. The standard InChI is InChI=1S/C28H30N4O3/c1-18-7-14-25(27(33)31-18)32-17-20-15-22(12-13-23(20)28(32)34)35-26-6-4-3-5-24(26)30-16-19-8-10-21(29-2)11-9-19/h8-13,15,24-26,30H,1,3-7,14,16-17H2,(H,31,33). The third-order valence-corrected chi connectivity index (χ3v) is 7.23. The van der Waals surface area contributed by atoms with Crippen molar-refractivity contribution in [1.29, 1.82) is 0 Å². The molecule has 1 saturated carbocycles. The summed E-state index contributed by atoms with van der Waals surface area (Å²) in [5, 5.41) is 6.43. The first-order chi connectivity index (χ1) is 17.0. The average molecular weight is 471 g/mol. The third-order valence-electron chi connectivity index (χ3n) is 7.23. The van der Waals surface area contributed by atoms with Gasteiger partial charge in [0.25, 0.3) is 5.91 Å². The van der Waals surface area contributed by atoms with E-state index in [9.17, 15) is 9.59 Å². The minimum absolute atomic E-state index is 0.0488. The average Bonchev–Trinajstić information content (AvgIpc) is 3.19. The molecule has 7 nitrogen and oxygen atoms in total. The van der Waals surface area contributed by atoms with E-state index in [1.807, 2.05) is 42.5 Å². The van der Waals surface area contributed by atoms with Gasteiger partial charge in [-0.05, 0) is 61.4 Å². The molecule has 2 aliphatic heterocycles. The van der Waals surface area contributed by atoms with Crippen molar-refractivity contribution >= 4 is 17.5 Å². The molecule has 0 spiro atoms. The highest BCUT2D eigenvalue weighted by atomic mass is 16.5. The van der Waals surface area contributed by atoms with E-state index in [0.717, 1.165) is 49.1 Å². The smallest absolute Gasteiger partial charge is 0.255 e. The molecule has 2 heterocycles. The Bertz CT molecular complexity index is 1180. The molecule has 2 N–H and O–H groups in total. The van der Waals surface area contributed by atoms with Gasteiger partial charge in [-0.15, -0.1) is 0 Å². The van der Waals surface area contributed by atoms with Gasteiger partial charge in [0.05, 0.1) is 6.57 Å². The van der Waals surface area contributed by atoms with Crippen molar-refractivity contribution in [3.63, 3.8) is 0 Å². The number of nitrogens with zero attached hydrogens (tertiary/aromatic N) is 2. The SMILES string of the molecule is [C-]#[N+]c1ccc(CNC2CCCCC2Oc2ccc3c(c2)CN(C2CCC(=C)NC2=O)C3=O)cc1. The van der Waals surface area contributed by atoms with Crippen LogP contribution in [0.5, 0.6) is 5.75 Å². The fourth-order valence-corrected chi connectivity index (χ4v) is 5.29. The summed E-state index contributed by atoms with van der Waals surface area (Å²) < 4.78 is 6.45. The van der Waals surface area contributed by atoms with E-state index in [-0.39, 0.29) is 24.0 Å². The molecule has 180 valence electrons. The van der Waals surface area contributed by atoms with Crippen LogP contribution in [0.3, 0.4) is 0 Å². The van der Waals surface area contributed by atoms with Crippen LogP contribution < -0.4 is 15.4 Å². The lowest BCUT2D eigenvalue weighted by Gasteiger charge is -2.33. The van der Waals surface area contributed by atoms with Crippen LogP contribution in [-0.2, 0) is 17.9 Å². The molecule has 7 heteroatoms. The normalized spacial score (nSPS) is 24.0. The van der Waals surface area contributed by atoms with E-state index in [4.69, 9.17) is 11.3 Å². The van der Waals surface area contributed by atoms with Crippen LogP contribution in [0.15, 0.2) is 54.7 Å². The van der Waals surface area contributed by atoms with Crippen LogP contribution in [0.4, 0.5) is 5.69 Å². The van der Waals surface area contributed by atoms with E-state index in [1.165, 1.54) is 0 Å². The molecule has 3 atom stereocenters. The molecule has 1 aliphatic carbocycles. The number of nitrogens with one attached hydrogen (secondary N) is 2. The lowest BCUT2D eigenvalue weighted by molar-refractivity contribution is -0.126. The molecule has 0 aromatic heterocycles. The maximum atomic E-state index is 13.0. The minimum Gasteiger partial charge on any atom is -0.489 e. The molecule has 3 aliphatic rings. The van der Waals surface area contributed by atoms with E-state index in [0.29, 0.717) is 36.3 Å². The molecule has 2 fully saturated rings. The van der Waals surface area contributed by atoms with Crippen LogP contribution in [0.2, 0.25) is 0 Å². The molecule has 3 unspecified atom stereocenters. The van der Waals surface area contributed by atoms with Crippen molar-refractivity contribution in [3.05, 3.63) is 82.8 Å². The van der Waals surface area contributed by atoms with Crippen molar-refractivity contribution in [2.45, 2.75) is 69.8 Å². The van der Waals surface area contributed by atoms with Crippen LogP contribution in [0.25, 0.3) is 4.85 Å². The van der Waals surface area contributed by atoms with Gasteiger partial charge in [-0.1, -0.05) is 37.3 Å². The summed E-state index contributed by atoms with van der Waals surface area (Å²) >= 11 is 0. The second kappa shape index (κ2) is 9.93. The van der Waals surface area contributed by atoms with Crippen molar-refractivity contribution in [1.82, 2.24) is 15.5 Å². The highest BCUT2D eigenvalue weighted by Crippen LogP contribution is 2.32. The van der Waals surface area contributed by atoms with E-state index < -0.39 is 6.04 Å². The first-order valence-electron chi connectivity index (χ1n) is 12.3. The maximum Gasteiger partial charge on any atom is 0.255 e. The van der Waals surface area contributed by atoms with Gasteiger partial charge in [0.2, 0.25) is 5.91 Å². The molecule has 35 heavy (non-hydrogen) atoms. The van der Waals surface area contributed by atoms with Gasteiger partial charge in [-0.2, -0.15) is 0 Å². The lowest BCUT2D eigenvalue weighted by atomic mass is 9.92. The summed E-state index contributed by atoms with van der Waals surface area (Å²) in [7, 11) is 0. The molecule has 0 bridgehead atoms. The van der Waals surface area contributed by atoms with Crippen molar-refractivity contribution in [2.24, 2.45) is 0 Å². The number of hydrogen-bond acceptors (Lipinski definition) is 4. The Balaban J connectivity index is 1.24. The summed E-state index contributed by atoms with van der Waals surface area (Å²) in [6.45, 7) is 12.1. The Morgan fingerprint density at radius 3 is 2.69 bits per heavy atom. The number of piperidine rings is 1. The Morgan fingerprint density at radius 2 is 1.91 bits per heavy atom. The molecule has 5 rings (SSSR count). The number of hydrogen-bond donors (Lipinski definition) is 2. The molecule has 0 radical (unpaired) electrons. The summed E-state index contributed by atoms with van der Waals surface area (Å²) in [6, 6.07) is 13.1. The topological polar surface area (TPSA) is 75.0 Å². The number of allylic oxidation sites excluding steroid dienone is 1. The summed E-state index contributed by atoms with van der Waals surface area (Å²) in [6.07, 6.45) is 5.65. The van der Waals surface area contributed by atoms with Gasteiger partial charge in [-0.25, -0.2) is 4.85 Å². The Kier molecular flexibility index (Phi) is 6.56. The predicted molar refractivity (Wildman–Crippen MR) is 133 cm³/mol. The number of ether oxygens (including phenoxy) is 1. The van der Waals surface area contributed by atoms with E-state index >= 15 is 0 Å². The Labute approximate surface area is 206 Å². The number of carbonyl (C=O) groups excluding carboxylic acids is 2. The van der Waals surface area contributed by atoms with Gasteiger partial charge in [-0.3, -0.25) is 9.59 Å². The largest absolute Gasteiger partial charge is 0.489 e. The molecule has 1 saturated heterocycles. The Hall–Kier alpha value is -3.63. The van der Waals surface area contributed by atoms with Gasteiger partial charge < -0.3 is 20.3 Å². The Morgan fingerprint density at radius 1 is 1.11 bits per heavy atom. The highest BCUT2D eigenvalue weighted by Gasteiger charge is 2.38. The van der Waals surface area contributed by atoms with Crippen LogP contribution in [-0.4, -0.2) is 34.9 Å². The number of rotatable bonds is 6. The van der Waals surface area contributed by atoms with E-state index in [1.54, 1.807) is 4.90 Å². The first-order valence-corrected chi connectivity index (χ1v) is 12.3. The fraction of sp³-hybridized carbons (Fsp3) is 0.393. The van der Waals surface area contributed by atoms with Crippen LogP contribution in [0.1, 0.15) is 60.0 Å². The van der Waals surface area contributed by atoms with Crippen LogP contribution >= 0.6 is 0 Å². The summed E-state index contributed by atoms with van der Waals surface area (Å²) in [5.74, 6) is 0.513. The second-order valence-corrected chi connectivity index (χ2v) is 9.61. The van der Waals surface area contributed by atoms with Gasteiger partial charge >= 0.3 is 0 Å². The van der Waals surface area contributed by atoms with Gasteiger partial charge in [0.1, 0.15) is 17.9 Å². The predicted octanol–water partition coefficient (Wildman–Crippen LogP) is 4.47. The van der Waals surface area contributed by atoms with E-state index in [2.05, 4.69) is 22.1 Å². The zero-order chi connectivity index (χ0) is 24.4. The summed E-state index contributed by atoms with van der Waals surface area (Å²) in [4.78, 5) is 30.5. The van der Waals surface area contributed by atoms with Crippen molar-refractivity contribution in [2.75, 3.05) is 0 Å². The fourth-order valence-electron chi connectivity index (χ4n) is 5.29. The lowest BCUT2D eigenvalue weighted by Crippen LogP contribution is -2.49. The van der Waals surface area contributed by atoms with Gasteiger partial charge in [0, 0.05) is 30.4 Å². The molecule has 2 aromatic rings. The molecular formula is C28H30N4O3. The maximum absolute atomic E-state index is 13.0. The first kappa shape index (κ1) is 23.1. The molecular weight excluding hydrogens is 440 g/mol. The zero-order valence-corrected chi connectivity index (χ0v) is 19.8. The van der Waals surface area contributed by atoms with Crippen molar-refractivity contribution < 1.29 is 14.3 Å². The second-order valence-electron chi connectivity index (χ2n) is 9.61. The van der Waals surface area contributed by atoms with Crippen LogP contribution in [0, 0.1) is 6.57 Å². The quantitative estimate of drug-likeness (QED) is 0.611. The monoisotopic (exact) mass is 470 g/mol. The zero-order valence-electron chi connectivity index (χ0n) is 19.8. The van der Waals surface area contributed by atoms with Gasteiger partial charge in [0.15, 0.2) is 5.69 Å². The molecule has 2 amide bonds. The minimum atomic E-state index is -0.458. The number of benzene rings is 2. The third kappa shape index (κ3) is 4.94. The summed E-state index contributed by atoms with van der Waals surface area (Å²) in [5.41, 5.74) is 4.06. The van der Waals surface area contributed by atoms with Crippen molar-refractivity contribution in [3.8, 4) is 5.75 Å². The number of amides is 2.